The minimum Gasteiger partial charge on any atom is -0.491 e. The van der Waals surface area contributed by atoms with E-state index in [0.29, 0.717) is 11.4 Å². The van der Waals surface area contributed by atoms with Crippen molar-refractivity contribution >= 4 is 29.3 Å². The Hall–Kier alpha value is -3.82. The van der Waals surface area contributed by atoms with Gasteiger partial charge in [-0.25, -0.2) is 4.90 Å². The number of hydroxylamine groups is 2. The Labute approximate surface area is 219 Å². The standard InChI is InChI=1S/C29H28N2O7/c1-29-22(26(34)30(28(29)36)17-5-3-2-4-6-17)15-21-19(11-12-20-23(21)27(35)31(37)25(20)33)24(29)16-7-9-18(10-8-16)38-14-13-32/h2-11,20-24,32,37H,12-15H2,1H3. The molecule has 196 valence electrons. The van der Waals surface area contributed by atoms with Gasteiger partial charge in [0.25, 0.3) is 11.8 Å². The first-order valence-electron chi connectivity index (χ1n) is 12.8. The molecule has 3 fully saturated rings. The summed E-state index contributed by atoms with van der Waals surface area (Å²) in [6.07, 6.45) is 2.44. The first-order valence-corrected chi connectivity index (χ1v) is 12.8. The van der Waals surface area contributed by atoms with E-state index >= 15 is 0 Å². The summed E-state index contributed by atoms with van der Waals surface area (Å²) in [5, 5.41) is 19.4. The summed E-state index contributed by atoms with van der Waals surface area (Å²) in [6.45, 7) is 1.85. The molecule has 6 rings (SSSR count). The second-order valence-corrected chi connectivity index (χ2v) is 10.6. The number of hydrogen-bond acceptors (Lipinski definition) is 7. The van der Waals surface area contributed by atoms with E-state index in [1.54, 1.807) is 36.4 Å². The highest BCUT2D eigenvalue weighted by atomic mass is 16.5. The lowest BCUT2D eigenvalue weighted by molar-refractivity contribution is -0.173. The molecule has 4 amide bonds. The van der Waals surface area contributed by atoms with Gasteiger partial charge in [-0.05, 0) is 55.5 Å². The van der Waals surface area contributed by atoms with Crippen LogP contribution < -0.4 is 9.64 Å². The van der Waals surface area contributed by atoms with Crippen LogP contribution in [0.2, 0.25) is 0 Å². The van der Waals surface area contributed by atoms with Gasteiger partial charge in [0.2, 0.25) is 11.8 Å². The first kappa shape index (κ1) is 24.5. The number of anilines is 1. The van der Waals surface area contributed by atoms with Crippen molar-refractivity contribution in [1.82, 2.24) is 5.06 Å². The van der Waals surface area contributed by atoms with Crippen LogP contribution in [0.1, 0.15) is 31.2 Å². The molecule has 2 aromatic carbocycles. The first-order chi connectivity index (χ1) is 18.3. The summed E-state index contributed by atoms with van der Waals surface area (Å²) in [7, 11) is 0. The van der Waals surface area contributed by atoms with Gasteiger partial charge in [0.05, 0.1) is 35.5 Å². The minimum atomic E-state index is -1.12. The van der Waals surface area contributed by atoms with Gasteiger partial charge in [-0.2, -0.15) is 5.06 Å². The zero-order chi connectivity index (χ0) is 26.8. The average molecular weight is 517 g/mol. The van der Waals surface area contributed by atoms with Crippen LogP contribution in [0, 0.1) is 29.1 Å². The molecule has 6 unspecified atom stereocenters. The Morgan fingerprint density at radius 1 is 0.947 bits per heavy atom. The molecule has 2 aliphatic heterocycles. The maximum absolute atomic E-state index is 14.2. The van der Waals surface area contributed by atoms with Crippen molar-refractivity contribution in [1.29, 1.82) is 0 Å². The summed E-state index contributed by atoms with van der Waals surface area (Å²) in [5.41, 5.74) is 1.01. The molecule has 2 aromatic rings. The zero-order valence-electron chi connectivity index (χ0n) is 20.8. The molecule has 9 nitrogen and oxygen atoms in total. The summed E-state index contributed by atoms with van der Waals surface area (Å²) < 4.78 is 5.51. The van der Waals surface area contributed by atoms with Crippen molar-refractivity contribution < 1.29 is 34.2 Å². The molecule has 0 bridgehead atoms. The largest absolute Gasteiger partial charge is 0.491 e. The second-order valence-electron chi connectivity index (χ2n) is 10.6. The zero-order valence-corrected chi connectivity index (χ0v) is 20.8. The third-order valence-corrected chi connectivity index (χ3v) is 8.84. The van der Waals surface area contributed by atoms with E-state index in [0.717, 1.165) is 11.1 Å². The topological polar surface area (TPSA) is 124 Å². The molecule has 2 heterocycles. The third kappa shape index (κ3) is 3.31. The highest BCUT2D eigenvalue weighted by molar-refractivity contribution is 6.24. The maximum atomic E-state index is 14.2. The third-order valence-electron chi connectivity index (χ3n) is 8.84. The number of benzene rings is 2. The molecule has 0 spiro atoms. The van der Waals surface area contributed by atoms with Gasteiger partial charge in [0.1, 0.15) is 12.4 Å². The molecular weight excluding hydrogens is 488 g/mol. The van der Waals surface area contributed by atoms with Crippen LogP contribution in [0.15, 0.2) is 66.2 Å². The molecule has 38 heavy (non-hydrogen) atoms. The van der Waals surface area contributed by atoms with Gasteiger partial charge in [-0.3, -0.25) is 24.4 Å². The van der Waals surface area contributed by atoms with Crippen molar-refractivity contribution in [2.75, 3.05) is 18.1 Å². The molecule has 0 radical (unpaired) electrons. The Bertz CT molecular complexity index is 1350. The number of allylic oxidation sites excluding steroid dienone is 2. The minimum absolute atomic E-state index is 0.123. The van der Waals surface area contributed by atoms with Crippen LogP contribution in [0.5, 0.6) is 5.75 Å². The van der Waals surface area contributed by atoms with Crippen molar-refractivity contribution in [3.63, 3.8) is 0 Å². The van der Waals surface area contributed by atoms with E-state index in [-0.39, 0.29) is 42.9 Å². The van der Waals surface area contributed by atoms with Crippen molar-refractivity contribution in [2.24, 2.45) is 29.1 Å². The quantitative estimate of drug-likeness (QED) is 0.356. The van der Waals surface area contributed by atoms with Crippen molar-refractivity contribution in [3.05, 3.63) is 71.8 Å². The number of para-hydroxylation sites is 1. The fraction of sp³-hybridized carbons (Fsp3) is 0.379. The van der Waals surface area contributed by atoms with Crippen LogP contribution in [-0.4, -0.2) is 52.2 Å². The maximum Gasteiger partial charge on any atom is 0.257 e. The average Bonchev–Trinajstić information content (AvgIpc) is 3.27. The van der Waals surface area contributed by atoms with E-state index in [1.807, 2.05) is 31.2 Å². The Balaban J connectivity index is 1.49. The van der Waals surface area contributed by atoms with Crippen LogP contribution in [0.4, 0.5) is 5.69 Å². The Morgan fingerprint density at radius 2 is 1.66 bits per heavy atom. The SMILES string of the molecule is CC12C(=O)N(c3ccccc3)C(=O)C1CC1C(=CCC3C(=O)N(O)C(=O)C31)C2c1ccc(OCCO)cc1. The monoisotopic (exact) mass is 516 g/mol. The van der Waals surface area contributed by atoms with E-state index in [2.05, 4.69) is 0 Å². The Kier molecular flexibility index (Phi) is 5.73. The second kappa shape index (κ2) is 8.89. The summed E-state index contributed by atoms with van der Waals surface area (Å²) in [6, 6.07) is 16.0. The number of carbonyl (C=O) groups excluding carboxylic acids is 4. The number of aliphatic hydroxyl groups excluding tert-OH is 1. The van der Waals surface area contributed by atoms with E-state index in [1.165, 1.54) is 4.90 Å². The van der Waals surface area contributed by atoms with Gasteiger partial charge in [0, 0.05) is 5.92 Å². The normalized spacial score (nSPS) is 32.2. The van der Waals surface area contributed by atoms with E-state index in [9.17, 15) is 24.4 Å². The predicted molar refractivity (Wildman–Crippen MR) is 134 cm³/mol. The number of nitrogens with zero attached hydrogens (tertiary/aromatic N) is 2. The highest BCUT2D eigenvalue weighted by Gasteiger charge is 2.67. The molecule has 0 aromatic heterocycles. The lowest BCUT2D eigenvalue weighted by Crippen LogP contribution is -2.48. The van der Waals surface area contributed by atoms with Gasteiger partial charge in [-0.15, -0.1) is 0 Å². The molecule has 2 saturated heterocycles. The van der Waals surface area contributed by atoms with Gasteiger partial charge in [0.15, 0.2) is 0 Å². The molecule has 1 saturated carbocycles. The van der Waals surface area contributed by atoms with Crippen LogP contribution in [0.3, 0.4) is 0 Å². The summed E-state index contributed by atoms with van der Waals surface area (Å²) >= 11 is 0. The highest BCUT2D eigenvalue weighted by Crippen LogP contribution is 2.63. The number of hydrogen-bond donors (Lipinski definition) is 2. The Morgan fingerprint density at radius 3 is 2.34 bits per heavy atom. The fourth-order valence-electron chi connectivity index (χ4n) is 7.12. The fourth-order valence-corrected chi connectivity index (χ4v) is 7.12. The van der Waals surface area contributed by atoms with Crippen LogP contribution >= 0.6 is 0 Å². The van der Waals surface area contributed by atoms with Gasteiger partial charge < -0.3 is 9.84 Å². The predicted octanol–water partition coefficient (Wildman–Crippen LogP) is 2.68. The number of rotatable bonds is 5. The summed E-state index contributed by atoms with van der Waals surface area (Å²) in [5.74, 6) is -4.52. The molecule has 6 atom stereocenters. The summed E-state index contributed by atoms with van der Waals surface area (Å²) in [4.78, 5) is 55.0. The molecule has 2 aliphatic carbocycles. The lowest BCUT2D eigenvalue weighted by Gasteiger charge is -2.49. The number of amides is 4. The van der Waals surface area contributed by atoms with E-state index in [4.69, 9.17) is 9.84 Å². The molecule has 2 N–H and O–H groups in total. The molecule has 4 aliphatic rings. The van der Waals surface area contributed by atoms with Crippen LogP contribution in [-0.2, 0) is 19.2 Å². The number of ether oxygens (including phenoxy) is 1. The van der Waals surface area contributed by atoms with Gasteiger partial charge in [-0.1, -0.05) is 42.0 Å². The number of fused-ring (bicyclic) bond motifs is 4. The number of imide groups is 2. The number of aliphatic hydroxyl groups is 1. The lowest BCUT2D eigenvalue weighted by atomic mass is 9.51. The molecular formula is C29H28N2O7. The van der Waals surface area contributed by atoms with Crippen LogP contribution in [0.25, 0.3) is 0 Å². The molecule has 9 heteroatoms. The smallest absolute Gasteiger partial charge is 0.257 e. The number of carbonyl (C=O) groups is 4. The van der Waals surface area contributed by atoms with E-state index < -0.39 is 46.8 Å². The van der Waals surface area contributed by atoms with Gasteiger partial charge >= 0.3 is 0 Å². The van der Waals surface area contributed by atoms with Crippen molar-refractivity contribution in [2.45, 2.75) is 25.7 Å². The van der Waals surface area contributed by atoms with Crippen molar-refractivity contribution in [3.8, 4) is 5.75 Å².